The molecule has 0 radical (unpaired) electrons. The van der Waals surface area contributed by atoms with Gasteiger partial charge in [-0.25, -0.2) is 9.34 Å². The van der Waals surface area contributed by atoms with Gasteiger partial charge in [-0.2, -0.15) is 0 Å². The van der Waals surface area contributed by atoms with E-state index in [4.69, 9.17) is 0 Å². The summed E-state index contributed by atoms with van der Waals surface area (Å²) in [5.74, 6) is 0. The number of anilines is 1. The van der Waals surface area contributed by atoms with Gasteiger partial charge < -0.3 is 4.90 Å². The van der Waals surface area contributed by atoms with Gasteiger partial charge in [-0.3, -0.25) is 4.57 Å². The number of rotatable bonds is 5. The molecule has 19 heavy (non-hydrogen) atoms. The van der Waals surface area contributed by atoms with E-state index in [-0.39, 0.29) is 0 Å². The van der Waals surface area contributed by atoms with Crippen LogP contribution in [0, 0.1) is 0 Å². The third-order valence-corrected chi connectivity index (χ3v) is 6.45. The first-order chi connectivity index (χ1) is 8.85. The predicted molar refractivity (Wildman–Crippen MR) is 83.6 cm³/mol. The normalized spacial score (nSPS) is 13.2. The first kappa shape index (κ1) is 16.0. The average Bonchev–Trinajstić information content (AvgIpc) is 2.39. The average molecular weight is 281 g/mol. The van der Waals surface area contributed by atoms with E-state index in [0.717, 1.165) is 11.1 Å². The molecule has 0 aliphatic rings. The van der Waals surface area contributed by atoms with Crippen molar-refractivity contribution in [1.29, 1.82) is 0 Å². The SMILES string of the molecule is C/C=C(/N(C)c1ccccc1)P(=O)(N(C)C)N(C)C. The van der Waals surface area contributed by atoms with Crippen molar-refractivity contribution in [3.8, 4) is 0 Å². The Balaban J connectivity index is 3.25. The number of para-hydroxylation sites is 1. The highest BCUT2D eigenvalue weighted by Crippen LogP contribution is 2.58. The summed E-state index contributed by atoms with van der Waals surface area (Å²) in [5.41, 5.74) is 1.84. The van der Waals surface area contributed by atoms with Crippen LogP contribution in [0.2, 0.25) is 0 Å². The molecule has 1 rings (SSSR count). The Morgan fingerprint density at radius 3 is 1.84 bits per heavy atom. The summed E-state index contributed by atoms with van der Waals surface area (Å²) in [6.07, 6.45) is 1.92. The Morgan fingerprint density at radius 2 is 1.47 bits per heavy atom. The van der Waals surface area contributed by atoms with E-state index in [2.05, 4.69) is 0 Å². The van der Waals surface area contributed by atoms with Crippen molar-refractivity contribution in [2.75, 3.05) is 40.1 Å². The highest BCUT2D eigenvalue weighted by atomic mass is 31.2. The Kier molecular flexibility index (Phi) is 5.36. The third kappa shape index (κ3) is 3.08. The second-order valence-corrected chi connectivity index (χ2v) is 7.93. The summed E-state index contributed by atoms with van der Waals surface area (Å²) in [6, 6.07) is 9.97. The van der Waals surface area contributed by atoms with Crippen LogP contribution in [-0.2, 0) is 4.57 Å². The monoisotopic (exact) mass is 281 g/mol. The van der Waals surface area contributed by atoms with Gasteiger partial charge in [0.15, 0.2) is 0 Å². The quantitative estimate of drug-likeness (QED) is 0.774. The van der Waals surface area contributed by atoms with Crippen LogP contribution >= 0.6 is 7.44 Å². The maximum atomic E-state index is 13.3. The number of allylic oxidation sites excluding steroid dienone is 1. The van der Waals surface area contributed by atoms with E-state index < -0.39 is 7.44 Å². The lowest BCUT2D eigenvalue weighted by Gasteiger charge is -2.36. The van der Waals surface area contributed by atoms with Gasteiger partial charge in [0.1, 0.15) is 5.44 Å². The molecule has 0 N–H and O–H groups in total. The zero-order chi connectivity index (χ0) is 14.6. The second kappa shape index (κ2) is 6.38. The van der Waals surface area contributed by atoms with E-state index in [1.807, 2.05) is 83.5 Å². The molecule has 0 atom stereocenters. The molecule has 0 aromatic heterocycles. The van der Waals surface area contributed by atoms with E-state index in [9.17, 15) is 4.57 Å². The summed E-state index contributed by atoms with van der Waals surface area (Å²) >= 11 is 0. The molecule has 0 spiro atoms. The van der Waals surface area contributed by atoms with E-state index in [0.29, 0.717) is 0 Å². The van der Waals surface area contributed by atoms with Crippen LogP contribution in [0.15, 0.2) is 41.8 Å². The van der Waals surface area contributed by atoms with Crippen molar-refractivity contribution < 1.29 is 4.57 Å². The zero-order valence-electron chi connectivity index (χ0n) is 12.7. The molecule has 0 aliphatic carbocycles. The van der Waals surface area contributed by atoms with E-state index in [1.165, 1.54) is 0 Å². The van der Waals surface area contributed by atoms with Crippen molar-refractivity contribution in [3.63, 3.8) is 0 Å². The molecule has 106 valence electrons. The molecule has 0 amide bonds. The van der Waals surface area contributed by atoms with E-state index >= 15 is 0 Å². The van der Waals surface area contributed by atoms with Crippen LogP contribution < -0.4 is 4.90 Å². The molecule has 0 bridgehead atoms. The predicted octanol–water partition coefficient (Wildman–Crippen LogP) is 3.30. The molecule has 4 nitrogen and oxygen atoms in total. The van der Waals surface area contributed by atoms with Gasteiger partial charge in [0.05, 0.1) is 0 Å². The van der Waals surface area contributed by atoms with Crippen LogP contribution in [-0.4, -0.2) is 44.6 Å². The maximum Gasteiger partial charge on any atom is 0.260 e. The van der Waals surface area contributed by atoms with Crippen LogP contribution in [0.5, 0.6) is 0 Å². The van der Waals surface area contributed by atoms with Crippen molar-refractivity contribution >= 4 is 13.1 Å². The van der Waals surface area contributed by atoms with Gasteiger partial charge in [0.25, 0.3) is 7.44 Å². The van der Waals surface area contributed by atoms with Gasteiger partial charge in [-0.15, -0.1) is 0 Å². The summed E-state index contributed by atoms with van der Waals surface area (Å²) in [7, 11) is 6.61. The minimum atomic E-state index is -2.74. The topological polar surface area (TPSA) is 26.8 Å². The molecule has 0 saturated carbocycles. The van der Waals surface area contributed by atoms with E-state index in [1.54, 1.807) is 9.34 Å². The first-order valence-corrected chi connectivity index (χ1v) is 7.88. The first-order valence-electron chi connectivity index (χ1n) is 6.27. The molecule has 0 saturated heterocycles. The molecule has 0 heterocycles. The molecule has 0 aliphatic heterocycles. The van der Waals surface area contributed by atoms with Gasteiger partial charge >= 0.3 is 0 Å². The molecule has 1 aromatic rings. The minimum absolute atomic E-state index is 0.814. The highest BCUT2D eigenvalue weighted by molar-refractivity contribution is 7.63. The Bertz CT molecular complexity index is 471. The zero-order valence-corrected chi connectivity index (χ0v) is 13.6. The Morgan fingerprint density at radius 1 is 1.00 bits per heavy atom. The number of hydrogen-bond acceptors (Lipinski definition) is 2. The maximum absolute atomic E-state index is 13.3. The number of nitrogens with zero attached hydrogens (tertiary/aromatic N) is 3. The summed E-state index contributed by atoms with van der Waals surface area (Å²) in [5, 5.41) is 0. The second-order valence-electron chi connectivity index (χ2n) is 4.78. The van der Waals surface area contributed by atoms with Crippen molar-refractivity contribution in [2.24, 2.45) is 0 Å². The lowest BCUT2D eigenvalue weighted by molar-refractivity contribution is 0.454. The Hall–Kier alpha value is -1.09. The van der Waals surface area contributed by atoms with Gasteiger partial charge in [-0.1, -0.05) is 24.3 Å². The van der Waals surface area contributed by atoms with Crippen LogP contribution in [0.25, 0.3) is 0 Å². The summed E-state index contributed by atoms with van der Waals surface area (Å²) < 4.78 is 16.9. The minimum Gasteiger partial charge on any atom is -0.340 e. The highest BCUT2D eigenvalue weighted by Gasteiger charge is 2.35. The lowest BCUT2D eigenvalue weighted by Crippen LogP contribution is -2.29. The van der Waals surface area contributed by atoms with Crippen molar-refractivity contribution in [1.82, 2.24) is 9.34 Å². The summed E-state index contributed by atoms with van der Waals surface area (Å²) in [4.78, 5) is 1.99. The lowest BCUT2D eigenvalue weighted by atomic mass is 10.3. The number of hydrogen-bond donors (Lipinski definition) is 0. The molecule has 0 fully saturated rings. The fourth-order valence-corrected chi connectivity index (χ4v) is 4.49. The molecule has 1 aromatic carbocycles. The fourth-order valence-electron chi connectivity index (χ4n) is 2.11. The molecular weight excluding hydrogens is 257 g/mol. The molecule has 0 unspecified atom stereocenters. The number of benzene rings is 1. The fraction of sp³-hybridized carbons (Fsp3) is 0.429. The smallest absolute Gasteiger partial charge is 0.260 e. The molecular formula is C14H24N3OP. The summed E-state index contributed by atoms with van der Waals surface area (Å²) in [6.45, 7) is 1.93. The van der Waals surface area contributed by atoms with Gasteiger partial charge in [0.2, 0.25) is 0 Å². The largest absolute Gasteiger partial charge is 0.340 e. The molecule has 5 heteroatoms. The van der Waals surface area contributed by atoms with Crippen molar-refractivity contribution in [3.05, 3.63) is 41.8 Å². The van der Waals surface area contributed by atoms with Gasteiger partial charge in [0, 0.05) is 12.7 Å². The van der Waals surface area contributed by atoms with Crippen LogP contribution in [0.4, 0.5) is 5.69 Å². The standard InChI is InChI=1S/C14H24N3OP/c1-7-14(19(18,15(2)3)16(4)5)17(6)13-11-9-8-10-12-13/h7-12H,1-6H3/b14-7-. The Labute approximate surface area is 116 Å². The third-order valence-electron chi connectivity index (χ3n) is 3.13. The van der Waals surface area contributed by atoms with Crippen molar-refractivity contribution in [2.45, 2.75) is 6.92 Å². The van der Waals surface area contributed by atoms with Gasteiger partial charge in [-0.05, 0) is 47.2 Å². The van der Waals surface area contributed by atoms with Crippen LogP contribution in [0.1, 0.15) is 6.92 Å². The van der Waals surface area contributed by atoms with Crippen LogP contribution in [0.3, 0.4) is 0 Å².